The highest BCUT2D eigenvalue weighted by Gasteiger charge is 2.51. The van der Waals surface area contributed by atoms with Gasteiger partial charge in [0.15, 0.2) is 9.84 Å². The van der Waals surface area contributed by atoms with Gasteiger partial charge in [-0.05, 0) is 50.6 Å². The molecule has 118 valence electrons. The fourth-order valence-electron chi connectivity index (χ4n) is 4.23. The van der Waals surface area contributed by atoms with Gasteiger partial charge in [-0.1, -0.05) is 20.3 Å². The molecule has 2 fully saturated rings. The van der Waals surface area contributed by atoms with E-state index < -0.39 is 9.84 Å². The predicted octanol–water partition coefficient (Wildman–Crippen LogP) is 1.79. The van der Waals surface area contributed by atoms with Crippen LogP contribution in [0.2, 0.25) is 0 Å². The summed E-state index contributed by atoms with van der Waals surface area (Å²) < 4.78 is 24.4. The Morgan fingerprint density at radius 3 is 2.45 bits per heavy atom. The van der Waals surface area contributed by atoms with Gasteiger partial charge >= 0.3 is 0 Å². The summed E-state index contributed by atoms with van der Waals surface area (Å²) >= 11 is 0. The summed E-state index contributed by atoms with van der Waals surface area (Å²) in [7, 11) is -3.03. The largest absolute Gasteiger partial charge is 0.329 e. The highest BCUT2D eigenvalue weighted by Crippen LogP contribution is 2.41. The molecule has 2 atom stereocenters. The maximum absolute atomic E-state index is 12.2. The summed E-state index contributed by atoms with van der Waals surface area (Å²) in [5.74, 6) is 0. The van der Waals surface area contributed by atoms with Crippen molar-refractivity contribution in [3.63, 3.8) is 0 Å². The monoisotopic (exact) mass is 302 g/mol. The minimum atomic E-state index is -3.03. The van der Waals surface area contributed by atoms with Crippen LogP contribution in [0.25, 0.3) is 0 Å². The first kappa shape index (κ1) is 16.2. The van der Waals surface area contributed by atoms with Crippen LogP contribution in [0.1, 0.15) is 52.4 Å². The van der Waals surface area contributed by atoms with Gasteiger partial charge in [0.2, 0.25) is 0 Å². The van der Waals surface area contributed by atoms with Crippen LogP contribution in [0.3, 0.4) is 0 Å². The Kier molecular flexibility index (Phi) is 4.53. The van der Waals surface area contributed by atoms with Crippen molar-refractivity contribution in [2.75, 3.05) is 25.9 Å². The molecular weight excluding hydrogens is 272 g/mol. The third-order valence-electron chi connectivity index (χ3n) is 5.52. The van der Waals surface area contributed by atoms with Crippen molar-refractivity contribution < 1.29 is 8.42 Å². The van der Waals surface area contributed by atoms with E-state index >= 15 is 0 Å². The highest BCUT2D eigenvalue weighted by molar-refractivity contribution is 7.91. The molecule has 2 aliphatic rings. The zero-order valence-corrected chi connectivity index (χ0v) is 14.0. The van der Waals surface area contributed by atoms with E-state index in [2.05, 4.69) is 18.7 Å². The first-order chi connectivity index (χ1) is 9.21. The molecule has 1 saturated heterocycles. The summed E-state index contributed by atoms with van der Waals surface area (Å²) in [6, 6.07) is 0. The fraction of sp³-hybridized carbons (Fsp3) is 1.00. The Balaban J connectivity index is 2.26. The number of likely N-dealkylation sites (tertiary alicyclic amines) is 1. The van der Waals surface area contributed by atoms with Crippen LogP contribution in [0.15, 0.2) is 0 Å². The van der Waals surface area contributed by atoms with Crippen LogP contribution in [0.4, 0.5) is 0 Å². The number of nitrogens with zero attached hydrogens (tertiary/aromatic N) is 1. The lowest BCUT2D eigenvalue weighted by molar-refractivity contribution is 0.102. The summed E-state index contributed by atoms with van der Waals surface area (Å²) in [5, 5.41) is -0.277. The van der Waals surface area contributed by atoms with E-state index in [1.807, 2.05) is 0 Å². The molecule has 0 aromatic rings. The van der Waals surface area contributed by atoms with E-state index in [0.29, 0.717) is 12.0 Å². The number of nitrogens with two attached hydrogens (primary N) is 1. The lowest BCUT2D eigenvalue weighted by Crippen LogP contribution is -2.60. The molecule has 0 spiro atoms. The third kappa shape index (κ3) is 3.04. The second-order valence-corrected chi connectivity index (χ2v) is 9.75. The van der Waals surface area contributed by atoms with Crippen molar-refractivity contribution in [3.8, 4) is 0 Å². The number of rotatable bonds is 3. The summed E-state index contributed by atoms with van der Waals surface area (Å²) in [4.78, 5) is 2.42. The van der Waals surface area contributed by atoms with Gasteiger partial charge in [-0.3, -0.25) is 4.90 Å². The molecule has 0 bridgehead atoms. The van der Waals surface area contributed by atoms with Gasteiger partial charge in [0.05, 0.1) is 5.25 Å². The molecule has 1 aliphatic heterocycles. The van der Waals surface area contributed by atoms with Crippen LogP contribution >= 0.6 is 0 Å². The van der Waals surface area contributed by atoms with E-state index in [1.54, 1.807) is 0 Å². The first-order valence-electron chi connectivity index (χ1n) is 7.85. The van der Waals surface area contributed by atoms with Crippen molar-refractivity contribution in [1.82, 2.24) is 4.90 Å². The molecular formula is C15H30N2O2S. The van der Waals surface area contributed by atoms with Gasteiger partial charge < -0.3 is 5.73 Å². The standard InChI is InChI=1S/C15H30N2O2S/c1-14(2)7-5-10-17(11-9-14)15(12-16)8-4-6-13(15)20(3,18)19/h13H,4-12,16H2,1-3H3. The van der Waals surface area contributed by atoms with Crippen LogP contribution in [0.5, 0.6) is 0 Å². The van der Waals surface area contributed by atoms with Crippen molar-refractivity contribution in [1.29, 1.82) is 0 Å². The molecule has 0 aromatic carbocycles. The van der Waals surface area contributed by atoms with Crippen molar-refractivity contribution in [2.24, 2.45) is 11.1 Å². The molecule has 1 heterocycles. The van der Waals surface area contributed by atoms with Gasteiger partial charge in [-0.2, -0.15) is 0 Å². The van der Waals surface area contributed by atoms with Gasteiger partial charge in [0.25, 0.3) is 0 Å². The molecule has 5 heteroatoms. The smallest absolute Gasteiger partial charge is 0.152 e. The second kappa shape index (κ2) is 5.58. The van der Waals surface area contributed by atoms with Gasteiger partial charge in [0.1, 0.15) is 0 Å². The van der Waals surface area contributed by atoms with E-state index in [1.165, 1.54) is 12.7 Å². The zero-order valence-electron chi connectivity index (χ0n) is 13.2. The van der Waals surface area contributed by atoms with Gasteiger partial charge in [-0.25, -0.2) is 8.42 Å². The highest BCUT2D eigenvalue weighted by atomic mass is 32.2. The van der Waals surface area contributed by atoms with E-state index in [0.717, 1.165) is 45.2 Å². The zero-order chi connectivity index (χ0) is 15.0. The molecule has 0 radical (unpaired) electrons. The van der Waals surface area contributed by atoms with Crippen molar-refractivity contribution in [2.45, 2.75) is 63.2 Å². The predicted molar refractivity (Wildman–Crippen MR) is 83.5 cm³/mol. The average molecular weight is 302 g/mol. The lowest BCUT2D eigenvalue weighted by atomic mass is 9.85. The Labute approximate surface area is 124 Å². The summed E-state index contributed by atoms with van der Waals surface area (Å²) in [6.45, 7) is 7.07. The maximum atomic E-state index is 12.2. The van der Waals surface area contributed by atoms with Crippen molar-refractivity contribution in [3.05, 3.63) is 0 Å². The van der Waals surface area contributed by atoms with E-state index in [4.69, 9.17) is 5.73 Å². The average Bonchev–Trinajstić information content (AvgIpc) is 2.70. The third-order valence-corrected chi connectivity index (χ3v) is 7.22. The minimum Gasteiger partial charge on any atom is -0.329 e. The topological polar surface area (TPSA) is 63.4 Å². The molecule has 2 unspecified atom stereocenters. The minimum absolute atomic E-state index is 0.277. The Morgan fingerprint density at radius 2 is 1.85 bits per heavy atom. The molecule has 2 rings (SSSR count). The van der Waals surface area contributed by atoms with Gasteiger partial charge in [0, 0.05) is 18.3 Å². The van der Waals surface area contributed by atoms with Crippen LogP contribution in [-0.2, 0) is 9.84 Å². The number of hydrogen-bond donors (Lipinski definition) is 1. The number of sulfone groups is 1. The molecule has 20 heavy (non-hydrogen) atoms. The summed E-state index contributed by atoms with van der Waals surface area (Å²) in [5.41, 5.74) is 6.15. The SMILES string of the molecule is CC1(C)CCCN(C2(CN)CCCC2S(C)(=O)=O)CC1. The molecule has 1 aliphatic carbocycles. The van der Waals surface area contributed by atoms with Crippen molar-refractivity contribution >= 4 is 9.84 Å². The van der Waals surface area contributed by atoms with Crippen LogP contribution in [-0.4, -0.2) is 50.0 Å². The second-order valence-electron chi connectivity index (χ2n) is 7.52. The van der Waals surface area contributed by atoms with E-state index in [9.17, 15) is 8.42 Å². The lowest BCUT2D eigenvalue weighted by Gasteiger charge is -2.44. The molecule has 2 N–H and O–H groups in total. The Hall–Kier alpha value is -0.130. The molecule has 4 nitrogen and oxygen atoms in total. The quantitative estimate of drug-likeness (QED) is 0.863. The molecule has 1 saturated carbocycles. The summed E-state index contributed by atoms with van der Waals surface area (Å²) in [6.07, 6.45) is 7.56. The van der Waals surface area contributed by atoms with Crippen LogP contribution < -0.4 is 5.73 Å². The Bertz CT molecular complexity index is 447. The normalized spacial score (nSPS) is 35.9. The van der Waals surface area contributed by atoms with E-state index in [-0.39, 0.29) is 10.8 Å². The Morgan fingerprint density at radius 1 is 1.15 bits per heavy atom. The maximum Gasteiger partial charge on any atom is 0.152 e. The van der Waals surface area contributed by atoms with Crippen LogP contribution in [0, 0.1) is 5.41 Å². The molecule has 0 amide bonds. The fourth-order valence-corrected chi connectivity index (χ4v) is 5.98. The van der Waals surface area contributed by atoms with Gasteiger partial charge in [-0.15, -0.1) is 0 Å². The number of hydrogen-bond acceptors (Lipinski definition) is 4. The molecule has 0 aromatic heterocycles. The first-order valence-corrected chi connectivity index (χ1v) is 9.81.